The molecule has 0 amide bonds. The molecule has 0 bridgehead atoms. The molecular weight excluding hydrogens is 310 g/mol. The molecule has 0 fully saturated rings. The molecule has 0 aliphatic heterocycles. The van der Waals surface area contributed by atoms with Crippen molar-refractivity contribution >= 4 is 27.3 Å². The van der Waals surface area contributed by atoms with Crippen LogP contribution in [0.4, 0.5) is 0 Å². The molecule has 98 valence electrons. The monoisotopic (exact) mass is 327 g/mol. The van der Waals surface area contributed by atoms with Gasteiger partial charge in [-0.1, -0.05) is 6.92 Å². The third-order valence-corrected chi connectivity index (χ3v) is 4.67. The lowest BCUT2D eigenvalue weighted by atomic mass is 10.1. The Labute approximate surface area is 120 Å². The van der Waals surface area contributed by atoms with Crippen LogP contribution in [0.25, 0.3) is 0 Å². The third-order valence-electron chi connectivity index (χ3n) is 3.01. The van der Waals surface area contributed by atoms with Gasteiger partial charge in [-0.05, 0) is 53.2 Å². The van der Waals surface area contributed by atoms with Crippen LogP contribution in [0.5, 0.6) is 0 Å². The summed E-state index contributed by atoms with van der Waals surface area (Å²) in [5, 5.41) is 6.51. The Morgan fingerprint density at radius 2 is 2.22 bits per heavy atom. The van der Waals surface area contributed by atoms with Crippen molar-refractivity contribution in [2.24, 2.45) is 5.73 Å². The van der Waals surface area contributed by atoms with E-state index >= 15 is 0 Å². The fourth-order valence-electron chi connectivity index (χ4n) is 2.09. The lowest BCUT2D eigenvalue weighted by Gasteiger charge is -2.17. The predicted molar refractivity (Wildman–Crippen MR) is 80.0 cm³/mol. The molecule has 2 N–H and O–H groups in total. The molecule has 0 aromatic carbocycles. The van der Waals surface area contributed by atoms with Crippen molar-refractivity contribution in [1.82, 2.24) is 9.78 Å². The third kappa shape index (κ3) is 2.39. The number of nitrogens with zero attached hydrogens (tertiary/aromatic N) is 2. The summed E-state index contributed by atoms with van der Waals surface area (Å²) in [5.74, 6) is 0. The topological polar surface area (TPSA) is 43.8 Å². The molecule has 1 unspecified atom stereocenters. The van der Waals surface area contributed by atoms with Gasteiger partial charge in [0.25, 0.3) is 0 Å². The van der Waals surface area contributed by atoms with E-state index in [0.29, 0.717) is 6.04 Å². The van der Waals surface area contributed by atoms with Gasteiger partial charge in [0, 0.05) is 10.9 Å². The van der Waals surface area contributed by atoms with E-state index in [-0.39, 0.29) is 6.04 Å². The lowest BCUT2D eigenvalue weighted by Crippen LogP contribution is -2.19. The second-order valence-corrected chi connectivity index (χ2v) is 6.36. The fourth-order valence-corrected chi connectivity index (χ4v) is 3.61. The number of aryl methyl sites for hydroxylation is 1. The highest BCUT2D eigenvalue weighted by Crippen LogP contribution is 2.33. The molecular formula is C13H18BrN3S. The summed E-state index contributed by atoms with van der Waals surface area (Å²) in [4.78, 5) is 1.24. The van der Waals surface area contributed by atoms with Crippen molar-refractivity contribution in [1.29, 1.82) is 0 Å². The normalized spacial score (nSPS) is 13.2. The van der Waals surface area contributed by atoms with Gasteiger partial charge >= 0.3 is 0 Å². The number of rotatable bonds is 4. The molecule has 2 rings (SSSR count). The molecule has 0 saturated heterocycles. The zero-order valence-electron chi connectivity index (χ0n) is 10.9. The lowest BCUT2D eigenvalue weighted by molar-refractivity contribution is 0.499. The van der Waals surface area contributed by atoms with E-state index in [2.05, 4.69) is 53.2 Å². The molecule has 0 radical (unpaired) electrons. The molecule has 0 saturated carbocycles. The van der Waals surface area contributed by atoms with Crippen LogP contribution in [0.3, 0.4) is 0 Å². The first-order chi connectivity index (χ1) is 8.56. The largest absolute Gasteiger partial charge is 0.318 e. The Balaban J connectivity index is 2.45. The number of halogens is 1. The fraction of sp³-hybridized carbons (Fsp3) is 0.462. The maximum atomic E-state index is 6.44. The van der Waals surface area contributed by atoms with Crippen LogP contribution >= 0.6 is 27.3 Å². The van der Waals surface area contributed by atoms with Crippen LogP contribution in [0.1, 0.15) is 49.0 Å². The van der Waals surface area contributed by atoms with Crippen LogP contribution < -0.4 is 5.73 Å². The highest BCUT2D eigenvalue weighted by atomic mass is 79.9. The Bertz CT molecular complexity index is 530. The number of hydrogen-bond acceptors (Lipinski definition) is 3. The minimum atomic E-state index is -0.112. The summed E-state index contributed by atoms with van der Waals surface area (Å²) >= 11 is 5.28. The summed E-state index contributed by atoms with van der Waals surface area (Å²) in [6.07, 6.45) is 2.84. The highest BCUT2D eigenvalue weighted by Gasteiger charge is 2.22. The van der Waals surface area contributed by atoms with Crippen molar-refractivity contribution in [3.63, 3.8) is 0 Å². The van der Waals surface area contributed by atoms with Crippen molar-refractivity contribution < 1.29 is 0 Å². The van der Waals surface area contributed by atoms with E-state index in [1.807, 2.05) is 10.9 Å². The summed E-state index contributed by atoms with van der Waals surface area (Å²) < 4.78 is 2.98. The highest BCUT2D eigenvalue weighted by molar-refractivity contribution is 9.10. The van der Waals surface area contributed by atoms with Gasteiger partial charge in [-0.3, -0.25) is 4.68 Å². The maximum Gasteiger partial charge on any atom is 0.0831 e. The quantitative estimate of drug-likeness (QED) is 0.925. The number of thiophene rings is 1. The van der Waals surface area contributed by atoms with E-state index in [1.165, 1.54) is 10.4 Å². The smallest absolute Gasteiger partial charge is 0.0831 e. The van der Waals surface area contributed by atoms with Crippen LogP contribution in [0.15, 0.2) is 22.1 Å². The molecule has 2 aromatic rings. The van der Waals surface area contributed by atoms with Crippen molar-refractivity contribution in [3.8, 4) is 0 Å². The number of nitrogens with two attached hydrogens (primary N) is 1. The zero-order chi connectivity index (χ0) is 13.3. The standard InChI is InChI=1S/C13H18BrN3S/c1-4-9-5-6-18-13(9)11(15)12-10(14)7-16-17(12)8(2)3/h5-8,11H,4,15H2,1-3H3. The second kappa shape index (κ2) is 5.55. The minimum Gasteiger partial charge on any atom is -0.318 e. The van der Waals surface area contributed by atoms with E-state index in [0.717, 1.165) is 16.6 Å². The van der Waals surface area contributed by atoms with E-state index in [4.69, 9.17) is 5.73 Å². The van der Waals surface area contributed by atoms with Gasteiger partial charge in [0.15, 0.2) is 0 Å². The van der Waals surface area contributed by atoms with Crippen molar-refractivity contribution in [3.05, 3.63) is 38.3 Å². The van der Waals surface area contributed by atoms with E-state index < -0.39 is 0 Å². The molecule has 2 aromatic heterocycles. The number of hydrogen-bond donors (Lipinski definition) is 1. The van der Waals surface area contributed by atoms with E-state index in [9.17, 15) is 0 Å². The minimum absolute atomic E-state index is 0.112. The van der Waals surface area contributed by atoms with Gasteiger partial charge in [-0.15, -0.1) is 11.3 Å². The Morgan fingerprint density at radius 3 is 2.83 bits per heavy atom. The summed E-state index contributed by atoms with van der Waals surface area (Å²) in [7, 11) is 0. The molecule has 0 aliphatic carbocycles. The number of aromatic nitrogens is 2. The van der Waals surface area contributed by atoms with Gasteiger partial charge in [-0.25, -0.2) is 0 Å². The van der Waals surface area contributed by atoms with Gasteiger partial charge in [0.2, 0.25) is 0 Å². The average Bonchev–Trinajstić information content (AvgIpc) is 2.93. The van der Waals surface area contributed by atoms with Crippen molar-refractivity contribution in [2.75, 3.05) is 0 Å². The molecule has 2 heterocycles. The first-order valence-corrected chi connectivity index (χ1v) is 7.78. The maximum absolute atomic E-state index is 6.44. The van der Waals surface area contributed by atoms with Gasteiger partial charge in [0.05, 0.1) is 22.4 Å². The van der Waals surface area contributed by atoms with Crippen LogP contribution in [-0.4, -0.2) is 9.78 Å². The van der Waals surface area contributed by atoms with Gasteiger partial charge < -0.3 is 5.73 Å². The Morgan fingerprint density at radius 1 is 1.50 bits per heavy atom. The van der Waals surface area contributed by atoms with Gasteiger partial charge in [-0.2, -0.15) is 5.10 Å². The molecule has 3 nitrogen and oxygen atoms in total. The van der Waals surface area contributed by atoms with Crippen LogP contribution in [0, 0.1) is 0 Å². The molecule has 5 heteroatoms. The van der Waals surface area contributed by atoms with E-state index in [1.54, 1.807) is 11.3 Å². The second-order valence-electron chi connectivity index (χ2n) is 4.56. The van der Waals surface area contributed by atoms with Gasteiger partial charge in [0.1, 0.15) is 0 Å². The van der Waals surface area contributed by atoms with Crippen molar-refractivity contribution in [2.45, 2.75) is 39.3 Å². The Hall–Kier alpha value is -0.650. The average molecular weight is 328 g/mol. The summed E-state index contributed by atoms with van der Waals surface area (Å²) in [6, 6.07) is 2.35. The molecule has 18 heavy (non-hydrogen) atoms. The molecule has 0 aliphatic rings. The zero-order valence-corrected chi connectivity index (χ0v) is 13.3. The first-order valence-electron chi connectivity index (χ1n) is 6.11. The Kier molecular flexibility index (Phi) is 4.25. The molecule has 1 atom stereocenters. The predicted octanol–water partition coefficient (Wildman–Crippen LogP) is 3.90. The summed E-state index contributed by atoms with van der Waals surface area (Å²) in [6.45, 7) is 6.39. The first kappa shape index (κ1) is 13.8. The summed E-state index contributed by atoms with van der Waals surface area (Å²) in [5.41, 5.74) is 8.83. The van der Waals surface area contributed by atoms with Crippen LogP contribution in [0.2, 0.25) is 0 Å². The molecule has 0 spiro atoms. The van der Waals surface area contributed by atoms with Crippen LogP contribution in [-0.2, 0) is 6.42 Å². The SMILES string of the molecule is CCc1ccsc1C(N)c1c(Br)cnn1C(C)C.